The second-order valence-corrected chi connectivity index (χ2v) is 3.84. The summed E-state index contributed by atoms with van der Waals surface area (Å²) in [4.78, 5) is 4.41. The van der Waals surface area contributed by atoms with Crippen LogP contribution in [-0.2, 0) is 0 Å². The van der Waals surface area contributed by atoms with E-state index in [2.05, 4.69) is 4.98 Å². The van der Waals surface area contributed by atoms with E-state index in [1.165, 1.54) is 6.07 Å². The second kappa shape index (κ2) is 3.93. The highest BCUT2D eigenvalue weighted by Gasteiger charge is 2.04. The van der Waals surface area contributed by atoms with E-state index in [-0.39, 0.29) is 5.69 Å². The molecule has 0 unspecified atom stereocenters. The molecule has 0 radical (unpaired) electrons. The van der Waals surface area contributed by atoms with Crippen molar-refractivity contribution >= 4 is 5.69 Å². The molecule has 1 aromatic heterocycles. The molecular weight excluding hydrogens is 203 g/mol. The molecular formula is C13H13FN2. The monoisotopic (exact) mass is 216 g/mol. The standard InChI is InChI=1S/C13H13FN2/c1-8-3-6-13(16-9(8)2)10-4-5-12(15)11(14)7-10/h3-7H,15H2,1-2H3. The maximum Gasteiger partial charge on any atom is 0.146 e. The molecule has 0 amide bonds. The number of halogens is 1. The summed E-state index contributed by atoms with van der Waals surface area (Å²) in [5, 5.41) is 0. The highest BCUT2D eigenvalue weighted by Crippen LogP contribution is 2.22. The van der Waals surface area contributed by atoms with Crippen LogP contribution >= 0.6 is 0 Å². The van der Waals surface area contributed by atoms with Crippen LogP contribution in [0.1, 0.15) is 11.3 Å². The Labute approximate surface area is 93.9 Å². The molecule has 16 heavy (non-hydrogen) atoms. The van der Waals surface area contributed by atoms with E-state index in [9.17, 15) is 4.39 Å². The lowest BCUT2D eigenvalue weighted by atomic mass is 10.1. The van der Waals surface area contributed by atoms with Gasteiger partial charge in [-0.05, 0) is 37.6 Å². The van der Waals surface area contributed by atoms with E-state index >= 15 is 0 Å². The smallest absolute Gasteiger partial charge is 0.146 e. The summed E-state index contributed by atoms with van der Waals surface area (Å²) in [5.74, 6) is -0.405. The van der Waals surface area contributed by atoms with Crippen molar-refractivity contribution in [2.24, 2.45) is 0 Å². The van der Waals surface area contributed by atoms with Gasteiger partial charge in [-0.1, -0.05) is 12.1 Å². The molecule has 0 aliphatic rings. The van der Waals surface area contributed by atoms with Gasteiger partial charge >= 0.3 is 0 Å². The second-order valence-electron chi connectivity index (χ2n) is 3.84. The van der Waals surface area contributed by atoms with Gasteiger partial charge in [-0.2, -0.15) is 0 Å². The molecule has 0 atom stereocenters. The average molecular weight is 216 g/mol. The summed E-state index contributed by atoms with van der Waals surface area (Å²) in [6, 6.07) is 8.60. The number of hydrogen-bond acceptors (Lipinski definition) is 2. The van der Waals surface area contributed by atoms with Gasteiger partial charge in [0.25, 0.3) is 0 Å². The Hall–Kier alpha value is -1.90. The van der Waals surface area contributed by atoms with Gasteiger partial charge < -0.3 is 5.73 Å². The molecule has 0 bridgehead atoms. The summed E-state index contributed by atoms with van der Waals surface area (Å²) >= 11 is 0. The number of aromatic nitrogens is 1. The minimum atomic E-state index is -0.405. The van der Waals surface area contributed by atoms with Gasteiger partial charge in [-0.25, -0.2) is 4.39 Å². The van der Waals surface area contributed by atoms with Crippen molar-refractivity contribution in [3.63, 3.8) is 0 Å². The van der Waals surface area contributed by atoms with Crippen LogP contribution in [0.5, 0.6) is 0 Å². The molecule has 2 rings (SSSR count). The topological polar surface area (TPSA) is 38.9 Å². The summed E-state index contributed by atoms with van der Waals surface area (Å²) in [5.41, 5.74) is 9.17. The number of benzene rings is 1. The van der Waals surface area contributed by atoms with Crippen LogP contribution in [0.4, 0.5) is 10.1 Å². The fourth-order valence-electron chi connectivity index (χ4n) is 1.48. The van der Waals surface area contributed by atoms with Crippen molar-refractivity contribution in [3.05, 3.63) is 47.4 Å². The number of aryl methyl sites for hydroxylation is 2. The highest BCUT2D eigenvalue weighted by molar-refractivity contribution is 5.62. The van der Waals surface area contributed by atoms with Gasteiger partial charge in [0.2, 0.25) is 0 Å². The number of rotatable bonds is 1. The number of hydrogen-bond donors (Lipinski definition) is 1. The predicted molar refractivity (Wildman–Crippen MR) is 63.5 cm³/mol. The van der Waals surface area contributed by atoms with Crippen LogP contribution in [0.25, 0.3) is 11.3 Å². The van der Waals surface area contributed by atoms with E-state index in [0.29, 0.717) is 0 Å². The van der Waals surface area contributed by atoms with Crippen LogP contribution in [-0.4, -0.2) is 4.98 Å². The largest absolute Gasteiger partial charge is 0.396 e. The van der Waals surface area contributed by atoms with Crippen LogP contribution in [0.3, 0.4) is 0 Å². The Balaban J connectivity index is 2.50. The molecule has 2 aromatic rings. The molecule has 1 aromatic carbocycles. The lowest BCUT2D eigenvalue weighted by Crippen LogP contribution is -1.93. The molecule has 0 aliphatic heterocycles. The van der Waals surface area contributed by atoms with Crippen molar-refractivity contribution in [2.75, 3.05) is 5.73 Å². The van der Waals surface area contributed by atoms with Crippen molar-refractivity contribution in [1.82, 2.24) is 4.98 Å². The van der Waals surface area contributed by atoms with Crippen LogP contribution < -0.4 is 5.73 Å². The minimum Gasteiger partial charge on any atom is -0.396 e. The van der Waals surface area contributed by atoms with Gasteiger partial charge in [-0.15, -0.1) is 0 Å². The van der Waals surface area contributed by atoms with E-state index in [4.69, 9.17) is 5.73 Å². The normalized spacial score (nSPS) is 10.4. The van der Waals surface area contributed by atoms with Crippen LogP contribution in [0, 0.1) is 19.7 Å². The molecule has 1 heterocycles. The Morgan fingerprint density at radius 2 is 1.88 bits per heavy atom. The van der Waals surface area contributed by atoms with E-state index in [1.54, 1.807) is 12.1 Å². The zero-order valence-electron chi connectivity index (χ0n) is 9.29. The number of nitrogens with zero attached hydrogens (tertiary/aromatic N) is 1. The van der Waals surface area contributed by atoms with Crippen molar-refractivity contribution in [2.45, 2.75) is 13.8 Å². The van der Waals surface area contributed by atoms with Crippen molar-refractivity contribution < 1.29 is 4.39 Å². The molecule has 0 saturated heterocycles. The van der Waals surface area contributed by atoms with Crippen molar-refractivity contribution in [3.8, 4) is 11.3 Å². The Bertz CT molecular complexity index is 486. The van der Waals surface area contributed by atoms with Gasteiger partial charge in [0.1, 0.15) is 5.82 Å². The summed E-state index contributed by atoms with van der Waals surface area (Å²) < 4.78 is 13.3. The van der Waals surface area contributed by atoms with E-state index < -0.39 is 5.82 Å². The third kappa shape index (κ3) is 1.89. The minimum absolute atomic E-state index is 0.160. The maximum absolute atomic E-state index is 13.3. The third-order valence-corrected chi connectivity index (χ3v) is 2.65. The fourth-order valence-corrected chi connectivity index (χ4v) is 1.48. The number of nitrogens with two attached hydrogens (primary N) is 1. The first-order valence-electron chi connectivity index (χ1n) is 5.07. The van der Waals surface area contributed by atoms with Crippen LogP contribution in [0.15, 0.2) is 30.3 Å². The van der Waals surface area contributed by atoms with Crippen molar-refractivity contribution in [1.29, 1.82) is 0 Å². The first-order chi connectivity index (χ1) is 7.58. The first-order valence-corrected chi connectivity index (χ1v) is 5.07. The molecule has 0 spiro atoms. The van der Waals surface area contributed by atoms with Gasteiger partial charge in [0.05, 0.1) is 11.4 Å². The summed E-state index contributed by atoms with van der Waals surface area (Å²) in [6.07, 6.45) is 0. The molecule has 0 fully saturated rings. The Kier molecular flexibility index (Phi) is 2.60. The zero-order chi connectivity index (χ0) is 11.7. The molecule has 82 valence electrons. The molecule has 3 heteroatoms. The first kappa shape index (κ1) is 10.6. The molecule has 2 N–H and O–H groups in total. The molecule has 0 saturated carbocycles. The SMILES string of the molecule is Cc1ccc(-c2ccc(N)c(F)c2)nc1C. The zero-order valence-corrected chi connectivity index (χ0v) is 9.29. The number of pyridine rings is 1. The lowest BCUT2D eigenvalue weighted by Gasteiger charge is -2.05. The van der Waals surface area contributed by atoms with Gasteiger partial charge in [-0.3, -0.25) is 4.98 Å². The molecule has 0 aliphatic carbocycles. The highest BCUT2D eigenvalue weighted by atomic mass is 19.1. The maximum atomic E-state index is 13.3. The Morgan fingerprint density at radius 3 is 2.50 bits per heavy atom. The number of nitrogen functional groups attached to an aromatic ring is 1. The quantitative estimate of drug-likeness (QED) is 0.744. The van der Waals surface area contributed by atoms with E-state index in [0.717, 1.165) is 22.5 Å². The summed E-state index contributed by atoms with van der Waals surface area (Å²) in [6.45, 7) is 3.93. The Morgan fingerprint density at radius 1 is 1.12 bits per heavy atom. The lowest BCUT2D eigenvalue weighted by molar-refractivity contribution is 0.633. The predicted octanol–water partition coefficient (Wildman–Crippen LogP) is 3.09. The van der Waals surface area contributed by atoms with E-state index in [1.807, 2.05) is 26.0 Å². The summed E-state index contributed by atoms with van der Waals surface area (Å²) in [7, 11) is 0. The fraction of sp³-hybridized carbons (Fsp3) is 0.154. The van der Waals surface area contributed by atoms with Gasteiger partial charge in [0, 0.05) is 11.3 Å². The number of anilines is 1. The molecule has 2 nitrogen and oxygen atoms in total. The van der Waals surface area contributed by atoms with Gasteiger partial charge in [0.15, 0.2) is 0 Å². The van der Waals surface area contributed by atoms with Crippen LogP contribution in [0.2, 0.25) is 0 Å². The average Bonchev–Trinajstić information content (AvgIpc) is 2.26. The third-order valence-electron chi connectivity index (χ3n) is 2.65.